The van der Waals surface area contributed by atoms with Crippen LogP contribution in [-0.2, 0) is 0 Å². The van der Waals surface area contributed by atoms with Crippen molar-refractivity contribution >= 4 is 60.4 Å². The standard InChI is InChI=1S/C50H34N2/c1-2-15-41(16-3-1)51(43-31-25-38(26-32-43)46-19-10-14-37-11-6-7-17-45(37)46)42-27-21-35(22-28-42)36-23-29-44(30-24-36)52-49-20-9-8-18-47(49)48-33-39-12-4-5-13-40(39)34-50(48)52/h1-34H. The second kappa shape index (κ2) is 12.5. The molecule has 0 bridgehead atoms. The van der Waals surface area contributed by atoms with Gasteiger partial charge in [0.05, 0.1) is 11.0 Å². The maximum Gasteiger partial charge on any atom is 0.0547 e. The molecular weight excluding hydrogens is 629 g/mol. The zero-order valence-electron chi connectivity index (χ0n) is 28.5. The van der Waals surface area contributed by atoms with Gasteiger partial charge in [-0.3, -0.25) is 0 Å². The summed E-state index contributed by atoms with van der Waals surface area (Å²) in [6.07, 6.45) is 0. The quantitative estimate of drug-likeness (QED) is 0.172. The second-order valence-electron chi connectivity index (χ2n) is 13.4. The number of rotatable bonds is 6. The largest absolute Gasteiger partial charge is 0.311 e. The lowest BCUT2D eigenvalue weighted by atomic mass is 9.98. The molecule has 52 heavy (non-hydrogen) atoms. The second-order valence-corrected chi connectivity index (χ2v) is 13.4. The number of benzene rings is 9. The van der Waals surface area contributed by atoms with Gasteiger partial charge < -0.3 is 9.47 Å². The molecule has 0 saturated carbocycles. The van der Waals surface area contributed by atoms with Crippen molar-refractivity contribution < 1.29 is 0 Å². The molecule has 1 heterocycles. The van der Waals surface area contributed by atoms with Crippen LogP contribution >= 0.6 is 0 Å². The van der Waals surface area contributed by atoms with E-state index in [2.05, 4.69) is 216 Å². The Morgan fingerprint density at radius 2 is 0.827 bits per heavy atom. The summed E-state index contributed by atoms with van der Waals surface area (Å²) in [5.74, 6) is 0. The number of anilines is 3. The number of hydrogen-bond acceptors (Lipinski definition) is 1. The van der Waals surface area contributed by atoms with Crippen LogP contribution in [0.1, 0.15) is 0 Å². The highest BCUT2D eigenvalue weighted by Crippen LogP contribution is 2.39. The molecule has 0 fully saturated rings. The van der Waals surface area contributed by atoms with Crippen molar-refractivity contribution in [1.29, 1.82) is 0 Å². The first kappa shape index (κ1) is 30.0. The van der Waals surface area contributed by atoms with Crippen LogP contribution in [0.15, 0.2) is 206 Å². The molecule has 0 radical (unpaired) electrons. The van der Waals surface area contributed by atoms with Crippen LogP contribution in [0, 0.1) is 0 Å². The summed E-state index contributed by atoms with van der Waals surface area (Å²) in [4.78, 5) is 2.33. The van der Waals surface area contributed by atoms with E-state index >= 15 is 0 Å². The average Bonchev–Trinajstić information content (AvgIpc) is 3.54. The lowest BCUT2D eigenvalue weighted by Gasteiger charge is -2.26. The summed E-state index contributed by atoms with van der Waals surface area (Å²) in [5.41, 5.74) is 11.8. The molecule has 9 aromatic carbocycles. The Balaban J connectivity index is 0.987. The third-order valence-electron chi connectivity index (χ3n) is 10.4. The van der Waals surface area contributed by atoms with Gasteiger partial charge in [-0.1, -0.05) is 140 Å². The van der Waals surface area contributed by atoms with Gasteiger partial charge in [0.15, 0.2) is 0 Å². The smallest absolute Gasteiger partial charge is 0.0547 e. The first-order valence-electron chi connectivity index (χ1n) is 17.8. The van der Waals surface area contributed by atoms with Crippen molar-refractivity contribution in [3.05, 3.63) is 206 Å². The maximum absolute atomic E-state index is 2.40. The van der Waals surface area contributed by atoms with Gasteiger partial charge in [-0.15, -0.1) is 0 Å². The molecule has 2 nitrogen and oxygen atoms in total. The topological polar surface area (TPSA) is 8.17 Å². The minimum atomic E-state index is 1.11. The molecule has 0 spiro atoms. The van der Waals surface area contributed by atoms with Gasteiger partial charge >= 0.3 is 0 Å². The zero-order chi connectivity index (χ0) is 34.4. The number of para-hydroxylation sites is 2. The molecule has 0 N–H and O–H groups in total. The van der Waals surface area contributed by atoms with Crippen LogP contribution in [0.25, 0.3) is 71.3 Å². The molecule has 10 rings (SSSR count). The maximum atomic E-state index is 2.40. The Labute approximate surface area is 303 Å². The molecule has 0 atom stereocenters. The first-order valence-corrected chi connectivity index (χ1v) is 17.8. The van der Waals surface area contributed by atoms with E-state index in [1.807, 2.05) is 0 Å². The summed E-state index contributed by atoms with van der Waals surface area (Å²) in [7, 11) is 0. The summed E-state index contributed by atoms with van der Waals surface area (Å²) < 4.78 is 2.40. The monoisotopic (exact) mass is 662 g/mol. The molecule has 0 saturated heterocycles. The van der Waals surface area contributed by atoms with Gasteiger partial charge in [0.1, 0.15) is 0 Å². The summed E-state index contributed by atoms with van der Waals surface area (Å²) in [6.45, 7) is 0. The predicted octanol–water partition coefficient (Wildman–Crippen LogP) is 13.9. The van der Waals surface area contributed by atoms with Crippen molar-refractivity contribution in [2.75, 3.05) is 4.90 Å². The Kier molecular flexibility index (Phi) is 7.18. The van der Waals surface area contributed by atoms with Gasteiger partial charge in [-0.05, 0) is 111 Å². The van der Waals surface area contributed by atoms with Crippen LogP contribution in [0.2, 0.25) is 0 Å². The lowest BCUT2D eigenvalue weighted by Crippen LogP contribution is -2.09. The molecular formula is C50H34N2. The van der Waals surface area contributed by atoms with Crippen LogP contribution in [0.3, 0.4) is 0 Å². The van der Waals surface area contributed by atoms with Gasteiger partial charge in [0.2, 0.25) is 0 Å². The number of nitrogens with zero attached hydrogens (tertiary/aromatic N) is 2. The Morgan fingerprint density at radius 3 is 1.54 bits per heavy atom. The Morgan fingerprint density at radius 1 is 0.308 bits per heavy atom. The van der Waals surface area contributed by atoms with E-state index in [-0.39, 0.29) is 0 Å². The SMILES string of the molecule is c1ccc(N(c2ccc(-c3ccc(-n4c5ccccc5c5cc6ccccc6cc54)cc3)cc2)c2ccc(-c3cccc4ccccc34)cc2)cc1. The molecule has 0 aliphatic rings. The fourth-order valence-electron chi connectivity index (χ4n) is 7.83. The molecule has 1 aromatic heterocycles. The Bertz CT molecular complexity index is 2860. The molecule has 244 valence electrons. The van der Waals surface area contributed by atoms with Crippen molar-refractivity contribution in [2.45, 2.75) is 0 Å². The fourth-order valence-corrected chi connectivity index (χ4v) is 7.83. The van der Waals surface area contributed by atoms with E-state index in [0.29, 0.717) is 0 Å². The van der Waals surface area contributed by atoms with Crippen molar-refractivity contribution in [3.8, 4) is 27.9 Å². The summed E-state index contributed by atoms with van der Waals surface area (Å²) in [6, 6.07) is 74.6. The molecule has 2 heteroatoms. The summed E-state index contributed by atoms with van der Waals surface area (Å²) in [5, 5.41) is 7.59. The number of aromatic nitrogens is 1. The van der Waals surface area contributed by atoms with Gasteiger partial charge in [0, 0.05) is 33.5 Å². The Hall–Kier alpha value is -6.90. The van der Waals surface area contributed by atoms with E-state index in [0.717, 1.165) is 22.7 Å². The van der Waals surface area contributed by atoms with E-state index in [1.54, 1.807) is 0 Å². The lowest BCUT2D eigenvalue weighted by molar-refractivity contribution is 1.18. The van der Waals surface area contributed by atoms with Crippen molar-refractivity contribution in [3.63, 3.8) is 0 Å². The highest BCUT2D eigenvalue weighted by atomic mass is 15.1. The fraction of sp³-hybridized carbons (Fsp3) is 0. The predicted molar refractivity (Wildman–Crippen MR) is 221 cm³/mol. The van der Waals surface area contributed by atoms with E-state index in [4.69, 9.17) is 0 Å². The summed E-state index contributed by atoms with van der Waals surface area (Å²) >= 11 is 0. The van der Waals surface area contributed by atoms with Crippen LogP contribution in [0.4, 0.5) is 17.1 Å². The first-order chi connectivity index (χ1) is 25.8. The van der Waals surface area contributed by atoms with Gasteiger partial charge in [-0.25, -0.2) is 0 Å². The molecule has 0 unspecified atom stereocenters. The molecule has 0 aliphatic carbocycles. The minimum Gasteiger partial charge on any atom is -0.311 e. The number of fused-ring (bicyclic) bond motifs is 5. The van der Waals surface area contributed by atoms with Gasteiger partial charge in [-0.2, -0.15) is 0 Å². The van der Waals surface area contributed by atoms with Crippen molar-refractivity contribution in [2.24, 2.45) is 0 Å². The van der Waals surface area contributed by atoms with E-state index in [9.17, 15) is 0 Å². The van der Waals surface area contributed by atoms with Crippen LogP contribution < -0.4 is 4.90 Å². The molecule has 0 aliphatic heterocycles. The third-order valence-corrected chi connectivity index (χ3v) is 10.4. The van der Waals surface area contributed by atoms with E-state index in [1.165, 1.54) is 65.6 Å². The van der Waals surface area contributed by atoms with E-state index < -0.39 is 0 Å². The normalized spacial score (nSPS) is 11.5. The molecule has 0 amide bonds. The number of hydrogen-bond donors (Lipinski definition) is 0. The van der Waals surface area contributed by atoms with Crippen LogP contribution in [0.5, 0.6) is 0 Å². The van der Waals surface area contributed by atoms with Crippen molar-refractivity contribution in [1.82, 2.24) is 4.57 Å². The highest BCUT2D eigenvalue weighted by molar-refractivity contribution is 6.13. The minimum absolute atomic E-state index is 1.11. The van der Waals surface area contributed by atoms with Gasteiger partial charge in [0.25, 0.3) is 0 Å². The average molecular weight is 663 g/mol. The van der Waals surface area contributed by atoms with Crippen LogP contribution in [-0.4, -0.2) is 4.57 Å². The highest BCUT2D eigenvalue weighted by Gasteiger charge is 2.15. The molecule has 10 aromatic rings. The zero-order valence-corrected chi connectivity index (χ0v) is 28.5. The third kappa shape index (κ3) is 5.12.